The first-order valence-corrected chi connectivity index (χ1v) is 9.09. The topological polar surface area (TPSA) is 32.8 Å². The van der Waals surface area contributed by atoms with Crippen molar-refractivity contribution in [2.45, 2.75) is 6.18 Å². The van der Waals surface area contributed by atoms with Crippen LogP contribution < -0.4 is 9.64 Å². The molecule has 0 saturated carbocycles. The molecule has 2 amide bonds. The fourth-order valence-corrected chi connectivity index (χ4v) is 3.84. The van der Waals surface area contributed by atoms with E-state index < -0.39 is 17.8 Å². The molecule has 0 unspecified atom stereocenters. The minimum absolute atomic E-state index is 0.124. The Morgan fingerprint density at radius 1 is 1.19 bits per heavy atom. The number of carbonyl (C=O) groups is 1. The second-order valence-corrected chi connectivity index (χ2v) is 7.17. The van der Waals surface area contributed by atoms with E-state index in [0.717, 1.165) is 11.0 Å². The third-order valence-electron chi connectivity index (χ3n) is 4.37. The molecule has 2 aromatic rings. The highest BCUT2D eigenvalue weighted by molar-refractivity contribution is 9.10. The van der Waals surface area contributed by atoms with Gasteiger partial charge < -0.3 is 9.64 Å². The Hall–Kier alpha value is -1.93. The maximum Gasteiger partial charge on any atom is 0.418 e. The fourth-order valence-electron chi connectivity index (χ4n) is 3.01. The lowest BCUT2D eigenvalue weighted by Crippen LogP contribution is -2.31. The monoisotopic (exact) mass is 462 g/mol. The quantitative estimate of drug-likeness (QED) is 0.588. The van der Waals surface area contributed by atoms with Crippen LogP contribution in [0.4, 0.5) is 23.7 Å². The van der Waals surface area contributed by atoms with Gasteiger partial charge in [-0.3, -0.25) is 4.90 Å². The molecule has 9 heteroatoms. The molecule has 144 valence electrons. The summed E-state index contributed by atoms with van der Waals surface area (Å²) >= 11 is 9.66. The summed E-state index contributed by atoms with van der Waals surface area (Å²) in [4.78, 5) is 14.7. The lowest BCUT2D eigenvalue weighted by molar-refractivity contribution is -0.137. The van der Waals surface area contributed by atoms with Crippen LogP contribution in [0.2, 0.25) is 5.02 Å². The second kappa shape index (κ2) is 7.24. The standard InChI is InChI=1S/C18H15BrClF3N2O2/c1-24-7-8-25(17(24)26)16-12(18(21,22)23)9-11(14(19)15(16)20)10-5-3-4-6-13(10)27-2/h3-6,9H,7-8H2,1-2H3. The van der Waals surface area contributed by atoms with Gasteiger partial charge in [-0.05, 0) is 28.1 Å². The molecular formula is C18H15BrClF3N2O2. The van der Waals surface area contributed by atoms with Gasteiger partial charge in [-0.1, -0.05) is 29.8 Å². The van der Waals surface area contributed by atoms with Crippen molar-refractivity contribution in [2.75, 3.05) is 32.1 Å². The van der Waals surface area contributed by atoms with E-state index in [2.05, 4.69) is 15.9 Å². The number of hydrogen-bond donors (Lipinski definition) is 0. The Bertz CT molecular complexity index is 905. The number of ether oxygens (including phenoxy) is 1. The zero-order valence-electron chi connectivity index (χ0n) is 14.4. The summed E-state index contributed by atoms with van der Waals surface area (Å²) < 4.78 is 47.1. The number of anilines is 1. The molecule has 0 bridgehead atoms. The first kappa shape index (κ1) is 19.8. The Balaban J connectivity index is 2.29. The number of rotatable bonds is 3. The lowest BCUT2D eigenvalue weighted by Gasteiger charge is -2.25. The van der Waals surface area contributed by atoms with Crippen LogP contribution >= 0.6 is 27.5 Å². The molecular weight excluding hydrogens is 449 g/mol. The molecule has 27 heavy (non-hydrogen) atoms. The van der Waals surface area contributed by atoms with E-state index in [0.29, 0.717) is 17.9 Å². The number of urea groups is 1. The van der Waals surface area contributed by atoms with Crippen molar-refractivity contribution in [1.29, 1.82) is 0 Å². The van der Waals surface area contributed by atoms with E-state index in [4.69, 9.17) is 16.3 Å². The molecule has 0 aliphatic carbocycles. The van der Waals surface area contributed by atoms with Crippen molar-refractivity contribution in [3.05, 3.63) is 45.4 Å². The number of benzene rings is 2. The smallest absolute Gasteiger partial charge is 0.418 e. The molecule has 0 aromatic heterocycles. The first-order valence-electron chi connectivity index (χ1n) is 7.92. The van der Waals surface area contributed by atoms with Crippen molar-refractivity contribution >= 4 is 39.2 Å². The van der Waals surface area contributed by atoms with Gasteiger partial charge in [0.05, 0.1) is 23.4 Å². The molecule has 0 spiro atoms. The summed E-state index contributed by atoms with van der Waals surface area (Å²) in [6, 6.07) is 7.17. The van der Waals surface area contributed by atoms with Crippen molar-refractivity contribution in [2.24, 2.45) is 0 Å². The van der Waals surface area contributed by atoms with Crippen LogP contribution in [0.5, 0.6) is 5.75 Å². The number of alkyl halides is 3. The maximum absolute atomic E-state index is 13.9. The number of para-hydroxylation sites is 1. The fraction of sp³-hybridized carbons (Fsp3) is 0.278. The molecule has 3 rings (SSSR count). The molecule has 1 heterocycles. The van der Waals surface area contributed by atoms with Gasteiger partial charge in [0.2, 0.25) is 0 Å². The predicted molar refractivity (Wildman–Crippen MR) is 102 cm³/mol. The summed E-state index contributed by atoms with van der Waals surface area (Å²) in [6.07, 6.45) is -4.70. The van der Waals surface area contributed by atoms with Crippen LogP contribution in [-0.2, 0) is 6.18 Å². The maximum atomic E-state index is 13.9. The molecule has 0 N–H and O–H groups in total. The summed E-state index contributed by atoms with van der Waals surface area (Å²) in [6.45, 7) is 0.441. The van der Waals surface area contributed by atoms with E-state index >= 15 is 0 Å². The van der Waals surface area contributed by atoms with E-state index in [9.17, 15) is 18.0 Å². The van der Waals surface area contributed by atoms with Gasteiger partial charge >= 0.3 is 12.2 Å². The molecule has 1 aliphatic heterocycles. The number of amides is 2. The number of hydrogen-bond acceptors (Lipinski definition) is 2. The van der Waals surface area contributed by atoms with Crippen molar-refractivity contribution in [1.82, 2.24) is 4.90 Å². The van der Waals surface area contributed by atoms with E-state index in [1.165, 1.54) is 19.1 Å². The van der Waals surface area contributed by atoms with E-state index in [-0.39, 0.29) is 27.3 Å². The predicted octanol–water partition coefficient (Wildman–Crippen LogP) is 5.67. The molecule has 0 radical (unpaired) electrons. The summed E-state index contributed by atoms with van der Waals surface area (Å²) in [7, 11) is 2.97. The second-order valence-electron chi connectivity index (χ2n) is 6.00. The summed E-state index contributed by atoms with van der Waals surface area (Å²) in [5, 5.41) is -0.172. The van der Waals surface area contributed by atoms with Gasteiger partial charge in [0.25, 0.3) is 0 Å². The van der Waals surface area contributed by atoms with Crippen molar-refractivity contribution < 1.29 is 22.7 Å². The summed E-state index contributed by atoms with van der Waals surface area (Å²) in [5.74, 6) is 0.409. The van der Waals surface area contributed by atoms with Crippen LogP contribution in [0.1, 0.15) is 5.56 Å². The third-order valence-corrected chi connectivity index (χ3v) is 5.79. The largest absolute Gasteiger partial charge is 0.496 e. The van der Waals surface area contributed by atoms with Crippen LogP contribution in [0.15, 0.2) is 34.8 Å². The molecule has 1 saturated heterocycles. The zero-order valence-corrected chi connectivity index (χ0v) is 16.7. The van der Waals surface area contributed by atoms with Crippen LogP contribution in [-0.4, -0.2) is 38.2 Å². The molecule has 1 fully saturated rings. The minimum Gasteiger partial charge on any atom is -0.496 e. The van der Waals surface area contributed by atoms with Gasteiger partial charge in [0, 0.05) is 35.7 Å². The number of likely N-dealkylation sites (N-methyl/N-ethyl adjacent to an activating group) is 1. The number of nitrogens with zero attached hydrogens (tertiary/aromatic N) is 2. The summed E-state index contributed by atoms with van der Waals surface area (Å²) in [5.41, 5.74) is -0.631. The third kappa shape index (κ3) is 3.48. The van der Waals surface area contributed by atoms with E-state index in [1.807, 2.05) is 0 Å². The average Bonchev–Trinajstić information content (AvgIpc) is 2.95. The van der Waals surface area contributed by atoms with Gasteiger partial charge in [0.1, 0.15) is 5.75 Å². The SMILES string of the molecule is COc1ccccc1-c1cc(C(F)(F)F)c(N2CCN(C)C2=O)c(Cl)c1Br. The molecule has 0 atom stereocenters. The Kier molecular flexibility index (Phi) is 5.31. The van der Waals surface area contributed by atoms with Crippen LogP contribution in [0.3, 0.4) is 0 Å². The van der Waals surface area contributed by atoms with Gasteiger partial charge in [0.15, 0.2) is 0 Å². The Morgan fingerprint density at radius 3 is 2.41 bits per heavy atom. The van der Waals surface area contributed by atoms with Crippen LogP contribution in [0, 0.1) is 0 Å². The van der Waals surface area contributed by atoms with Crippen molar-refractivity contribution in [3.8, 4) is 16.9 Å². The number of carbonyl (C=O) groups excluding carboxylic acids is 1. The average molecular weight is 464 g/mol. The van der Waals surface area contributed by atoms with Gasteiger partial charge in [-0.2, -0.15) is 13.2 Å². The highest BCUT2D eigenvalue weighted by Gasteiger charge is 2.41. The lowest BCUT2D eigenvalue weighted by atomic mass is 10.00. The molecule has 1 aliphatic rings. The Labute approximate surface area is 167 Å². The van der Waals surface area contributed by atoms with Crippen molar-refractivity contribution in [3.63, 3.8) is 0 Å². The van der Waals surface area contributed by atoms with E-state index in [1.54, 1.807) is 24.3 Å². The number of methoxy groups -OCH3 is 1. The van der Waals surface area contributed by atoms with Gasteiger partial charge in [-0.25, -0.2) is 4.79 Å². The van der Waals surface area contributed by atoms with Gasteiger partial charge in [-0.15, -0.1) is 0 Å². The Morgan fingerprint density at radius 2 is 1.85 bits per heavy atom. The first-order chi connectivity index (χ1) is 12.7. The minimum atomic E-state index is -4.70. The molecule has 2 aromatic carbocycles. The highest BCUT2D eigenvalue weighted by atomic mass is 79.9. The zero-order chi connectivity index (χ0) is 19.9. The highest BCUT2D eigenvalue weighted by Crippen LogP contribution is 2.49. The number of halogens is 5. The molecule has 4 nitrogen and oxygen atoms in total. The normalized spacial score (nSPS) is 14.9. The van der Waals surface area contributed by atoms with Crippen LogP contribution in [0.25, 0.3) is 11.1 Å².